The molecule has 1 amide bonds. The predicted molar refractivity (Wildman–Crippen MR) is 102 cm³/mol. The van der Waals surface area contributed by atoms with Gasteiger partial charge in [-0.1, -0.05) is 44.9 Å². The van der Waals surface area contributed by atoms with Gasteiger partial charge in [0.05, 0.1) is 6.20 Å². The topological polar surface area (TPSA) is 79.8 Å². The van der Waals surface area contributed by atoms with Gasteiger partial charge >= 0.3 is 0 Å². The number of hydrogen-bond acceptors (Lipinski definition) is 3. The Balaban J connectivity index is 1.68. The minimum atomic E-state index is -0.272. The molecular formula is C20H24N4O2. The van der Waals surface area contributed by atoms with E-state index in [1.807, 2.05) is 24.3 Å². The highest BCUT2D eigenvalue weighted by Gasteiger charge is 2.28. The van der Waals surface area contributed by atoms with Crippen LogP contribution in [0.4, 0.5) is 0 Å². The van der Waals surface area contributed by atoms with Crippen molar-refractivity contribution in [2.75, 3.05) is 0 Å². The molecule has 0 bridgehead atoms. The number of H-pyrrole nitrogens is 1. The van der Waals surface area contributed by atoms with Gasteiger partial charge in [0.25, 0.3) is 5.56 Å². The van der Waals surface area contributed by atoms with E-state index in [1.165, 1.54) is 6.42 Å². The van der Waals surface area contributed by atoms with Crippen LogP contribution in [0.5, 0.6) is 0 Å². The fraction of sp³-hybridized carbons (Fsp3) is 0.450. The molecule has 6 heteroatoms. The number of nitrogens with zero attached hydrogens (tertiary/aromatic N) is 2. The third-order valence-electron chi connectivity index (χ3n) is 5.94. The molecule has 3 atom stereocenters. The lowest BCUT2D eigenvalue weighted by atomic mass is 9.78. The van der Waals surface area contributed by atoms with E-state index in [9.17, 15) is 9.59 Å². The van der Waals surface area contributed by atoms with Gasteiger partial charge in [0.2, 0.25) is 5.91 Å². The van der Waals surface area contributed by atoms with Crippen LogP contribution in [0.3, 0.4) is 0 Å². The Bertz CT molecular complexity index is 1020. The lowest BCUT2D eigenvalue weighted by molar-refractivity contribution is -0.123. The average Bonchev–Trinajstić information content (AvgIpc) is 2.94. The lowest BCUT2D eigenvalue weighted by Gasteiger charge is -2.34. The van der Waals surface area contributed by atoms with Gasteiger partial charge < -0.3 is 9.88 Å². The molecule has 0 aliphatic heterocycles. The van der Waals surface area contributed by atoms with Crippen LogP contribution in [-0.4, -0.2) is 26.7 Å². The van der Waals surface area contributed by atoms with Crippen LogP contribution < -0.4 is 10.9 Å². The molecule has 1 saturated carbocycles. The van der Waals surface area contributed by atoms with Crippen molar-refractivity contribution in [3.05, 3.63) is 40.8 Å². The lowest BCUT2D eigenvalue weighted by Crippen LogP contribution is -2.44. The van der Waals surface area contributed by atoms with Crippen molar-refractivity contribution in [2.24, 2.45) is 11.8 Å². The van der Waals surface area contributed by atoms with Crippen LogP contribution in [0, 0.1) is 11.8 Å². The summed E-state index contributed by atoms with van der Waals surface area (Å²) in [5.41, 5.74) is 1.11. The standard InChI is InChI=1S/C20H24N4O2/c1-12-6-5-8-16(13(12)2)22-18(25)11-24-17-9-4-3-7-14(17)15-10-21-23-20(26)19(15)24/h3-4,7,9-10,12-13,16H,5-6,8,11H2,1-2H3,(H,22,25)(H,23,26)/t12-,13+,16-/m1/s1. The molecule has 0 unspecified atom stereocenters. The minimum absolute atomic E-state index is 0.0465. The van der Waals surface area contributed by atoms with E-state index in [-0.39, 0.29) is 24.1 Å². The third-order valence-corrected chi connectivity index (χ3v) is 5.94. The van der Waals surface area contributed by atoms with Gasteiger partial charge in [-0.3, -0.25) is 9.59 Å². The summed E-state index contributed by atoms with van der Waals surface area (Å²) < 4.78 is 1.80. The minimum Gasteiger partial charge on any atom is -0.352 e. The summed E-state index contributed by atoms with van der Waals surface area (Å²) in [4.78, 5) is 25.1. The quantitative estimate of drug-likeness (QED) is 0.761. The van der Waals surface area contributed by atoms with Crippen LogP contribution in [0.15, 0.2) is 35.3 Å². The average molecular weight is 352 g/mol. The second kappa shape index (κ2) is 6.59. The van der Waals surface area contributed by atoms with Gasteiger partial charge in [-0.05, 0) is 24.3 Å². The van der Waals surface area contributed by atoms with Crippen molar-refractivity contribution >= 4 is 27.7 Å². The number of carbonyl (C=O) groups is 1. The summed E-state index contributed by atoms with van der Waals surface area (Å²) in [6, 6.07) is 7.95. The molecule has 136 valence electrons. The van der Waals surface area contributed by atoms with Gasteiger partial charge in [0, 0.05) is 22.3 Å². The Kier molecular flexibility index (Phi) is 4.26. The molecule has 6 nitrogen and oxygen atoms in total. The van der Waals surface area contributed by atoms with E-state index < -0.39 is 0 Å². The molecule has 4 rings (SSSR count). The summed E-state index contributed by atoms with van der Waals surface area (Å²) in [7, 11) is 0. The first kappa shape index (κ1) is 16.8. The summed E-state index contributed by atoms with van der Waals surface area (Å²) in [6.45, 7) is 4.60. The van der Waals surface area contributed by atoms with Gasteiger partial charge in [-0.15, -0.1) is 0 Å². The largest absolute Gasteiger partial charge is 0.352 e. The molecule has 0 spiro atoms. The maximum Gasteiger partial charge on any atom is 0.288 e. The van der Waals surface area contributed by atoms with Crippen molar-refractivity contribution in [1.29, 1.82) is 0 Å². The third kappa shape index (κ3) is 2.79. The van der Waals surface area contributed by atoms with E-state index in [1.54, 1.807) is 10.8 Å². The maximum atomic E-state index is 12.8. The van der Waals surface area contributed by atoms with Gasteiger partial charge in [0.15, 0.2) is 0 Å². The Labute approximate surface area is 151 Å². The zero-order chi connectivity index (χ0) is 18.3. The molecule has 1 aromatic carbocycles. The molecule has 3 aromatic rings. The molecule has 26 heavy (non-hydrogen) atoms. The Hall–Kier alpha value is -2.63. The van der Waals surface area contributed by atoms with Crippen molar-refractivity contribution in [2.45, 2.75) is 45.7 Å². The normalized spacial score (nSPS) is 23.4. The highest BCUT2D eigenvalue weighted by Crippen LogP contribution is 2.30. The summed E-state index contributed by atoms with van der Waals surface area (Å²) in [5, 5.41) is 11.3. The van der Waals surface area contributed by atoms with E-state index in [0.717, 1.165) is 29.1 Å². The number of aromatic nitrogens is 3. The number of fused-ring (bicyclic) bond motifs is 3. The summed E-state index contributed by atoms with van der Waals surface area (Å²) in [5.74, 6) is 1.05. The molecule has 1 aliphatic carbocycles. The van der Waals surface area contributed by atoms with E-state index in [4.69, 9.17) is 0 Å². The number of hydrogen-bond donors (Lipinski definition) is 2. The number of nitrogens with one attached hydrogen (secondary N) is 2. The van der Waals surface area contributed by atoms with Crippen molar-refractivity contribution < 1.29 is 4.79 Å². The second-order valence-electron chi connectivity index (χ2n) is 7.51. The predicted octanol–water partition coefficient (Wildman–Crippen LogP) is 2.82. The fourth-order valence-corrected chi connectivity index (χ4v) is 4.26. The number of para-hydroxylation sites is 1. The number of rotatable bonds is 3. The van der Waals surface area contributed by atoms with Gasteiger partial charge in [-0.25, -0.2) is 5.10 Å². The van der Waals surface area contributed by atoms with Crippen molar-refractivity contribution in [3.63, 3.8) is 0 Å². The first-order valence-electron chi connectivity index (χ1n) is 9.30. The molecule has 0 radical (unpaired) electrons. The van der Waals surface area contributed by atoms with Crippen LogP contribution >= 0.6 is 0 Å². The van der Waals surface area contributed by atoms with Crippen molar-refractivity contribution in [3.8, 4) is 0 Å². The second-order valence-corrected chi connectivity index (χ2v) is 7.51. The number of benzene rings is 1. The SMILES string of the molecule is C[C@H]1[C@H](C)CCC[C@H]1NC(=O)Cn1c2ccccc2c2cn[nH]c(=O)c21. The Morgan fingerprint density at radius 1 is 1.27 bits per heavy atom. The van der Waals surface area contributed by atoms with Crippen LogP contribution in [0.25, 0.3) is 21.8 Å². The van der Waals surface area contributed by atoms with E-state index in [2.05, 4.69) is 29.4 Å². The zero-order valence-corrected chi connectivity index (χ0v) is 15.2. The molecule has 1 fully saturated rings. The Morgan fingerprint density at radius 2 is 2.08 bits per heavy atom. The maximum absolute atomic E-state index is 12.8. The van der Waals surface area contributed by atoms with Crippen LogP contribution in [0.2, 0.25) is 0 Å². The molecule has 2 N–H and O–H groups in total. The number of aromatic amines is 1. The highest BCUT2D eigenvalue weighted by molar-refractivity contribution is 6.07. The molecule has 2 aromatic heterocycles. The number of carbonyl (C=O) groups excluding carboxylic acids is 1. The molecule has 1 aliphatic rings. The summed E-state index contributed by atoms with van der Waals surface area (Å²) in [6.07, 6.45) is 5.05. The van der Waals surface area contributed by atoms with Crippen molar-refractivity contribution in [1.82, 2.24) is 20.1 Å². The molecular weight excluding hydrogens is 328 g/mol. The van der Waals surface area contributed by atoms with Gasteiger partial charge in [-0.2, -0.15) is 5.10 Å². The first-order valence-corrected chi connectivity index (χ1v) is 9.30. The zero-order valence-electron chi connectivity index (χ0n) is 15.2. The molecule has 2 heterocycles. The smallest absolute Gasteiger partial charge is 0.288 e. The van der Waals surface area contributed by atoms with Gasteiger partial charge in [0.1, 0.15) is 12.1 Å². The number of amides is 1. The monoisotopic (exact) mass is 352 g/mol. The molecule has 0 saturated heterocycles. The highest BCUT2D eigenvalue weighted by atomic mass is 16.2. The fourth-order valence-electron chi connectivity index (χ4n) is 4.26. The Morgan fingerprint density at radius 3 is 2.92 bits per heavy atom. The summed E-state index contributed by atoms with van der Waals surface area (Å²) >= 11 is 0. The van der Waals surface area contributed by atoms with Crippen LogP contribution in [-0.2, 0) is 11.3 Å². The first-order chi connectivity index (χ1) is 12.6. The van der Waals surface area contributed by atoms with Crippen LogP contribution in [0.1, 0.15) is 33.1 Å². The van der Waals surface area contributed by atoms with E-state index in [0.29, 0.717) is 17.4 Å². The van der Waals surface area contributed by atoms with E-state index >= 15 is 0 Å².